The third-order valence-corrected chi connectivity index (χ3v) is 6.13. The second kappa shape index (κ2) is 8.31. The summed E-state index contributed by atoms with van der Waals surface area (Å²) in [6.45, 7) is 6.45. The van der Waals surface area contributed by atoms with Gasteiger partial charge in [-0.25, -0.2) is 0 Å². The molecule has 0 aliphatic carbocycles. The van der Waals surface area contributed by atoms with Crippen LogP contribution in [0, 0.1) is 11.5 Å². The fourth-order valence-corrected chi connectivity index (χ4v) is 4.45. The summed E-state index contributed by atoms with van der Waals surface area (Å²) >= 11 is 0. The summed E-state index contributed by atoms with van der Waals surface area (Å²) in [6, 6.07) is 15.6. The second-order valence-corrected chi connectivity index (χ2v) is 7.84. The Morgan fingerprint density at radius 2 is 1.54 bits per heavy atom. The van der Waals surface area contributed by atoms with E-state index in [1.807, 2.05) is 30.9 Å². The summed E-state index contributed by atoms with van der Waals surface area (Å²) < 4.78 is 27.3. The molecule has 1 aliphatic heterocycles. The maximum Gasteiger partial charge on any atom is 0.283 e. The van der Waals surface area contributed by atoms with Crippen molar-refractivity contribution in [3.63, 3.8) is 0 Å². The average molecular weight is 398 g/mol. The minimum atomic E-state index is -3.78. The van der Waals surface area contributed by atoms with Crippen molar-refractivity contribution in [3.05, 3.63) is 54.6 Å². The first-order valence-corrected chi connectivity index (χ1v) is 10.7. The van der Waals surface area contributed by atoms with E-state index in [1.54, 1.807) is 47.4 Å². The van der Waals surface area contributed by atoms with E-state index in [4.69, 9.17) is 5.26 Å². The van der Waals surface area contributed by atoms with Crippen LogP contribution >= 0.6 is 0 Å². The number of anilines is 1. The Morgan fingerprint density at radius 3 is 2.18 bits per heavy atom. The molecule has 0 amide bonds. The summed E-state index contributed by atoms with van der Waals surface area (Å²) in [6.07, 6.45) is 2.15. The van der Waals surface area contributed by atoms with Crippen molar-refractivity contribution in [2.45, 2.75) is 18.7 Å². The van der Waals surface area contributed by atoms with E-state index in [9.17, 15) is 8.42 Å². The molecule has 0 saturated carbocycles. The maximum atomic E-state index is 13.1. The van der Waals surface area contributed by atoms with Crippen LogP contribution in [0.25, 0.3) is 10.9 Å². The van der Waals surface area contributed by atoms with Crippen molar-refractivity contribution in [2.24, 2.45) is 0 Å². The summed E-state index contributed by atoms with van der Waals surface area (Å²) in [4.78, 5) is 3.93. The highest BCUT2D eigenvalue weighted by atomic mass is 32.2. The number of aromatic nitrogens is 2. The van der Waals surface area contributed by atoms with E-state index in [2.05, 4.69) is 11.3 Å². The predicted molar refractivity (Wildman–Crippen MR) is 110 cm³/mol. The number of nitrogens with zero attached hydrogens (tertiary/aromatic N) is 5. The lowest BCUT2D eigenvalue weighted by molar-refractivity contribution is 0.362. The summed E-state index contributed by atoms with van der Waals surface area (Å²) in [5, 5.41) is 14.3. The van der Waals surface area contributed by atoms with Crippen LogP contribution in [0.2, 0.25) is 0 Å². The highest BCUT2D eigenvalue weighted by Gasteiger charge is 2.26. The smallest absolute Gasteiger partial charge is 0.283 e. The monoisotopic (exact) mass is 397 g/mol. The molecule has 2 aromatic carbocycles. The quantitative estimate of drug-likeness (QED) is 0.632. The normalized spacial score (nSPS) is 14.3. The third kappa shape index (κ3) is 3.53. The highest BCUT2D eigenvalue weighted by Crippen LogP contribution is 2.29. The first-order chi connectivity index (χ1) is 13.6. The molecule has 1 aliphatic rings. The lowest BCUT2D eigenvalue weighted by atomic mass is 10.2. The molecule has 146 valence electrons. The minimum absolute atomic E-state index is 0.203. The molecule has 0 spiro atoms. The van der Waals surface area contributed by atoms with Crippen molar-refractivity contribution in [2.75, 3.05) is 31.1 Å². The topological polar surface area (TPSA) is 82.2 Å². The molecular formula is C20H23N5O2S. The fraction of sp³-hybridized carbons (Fsp3) is 0.300. The Kier molecular flexibility index (Phi) is 5.85. The van der Waals surface area contributed by atoms with Crippen LogP contribution in [0.1, 0.15) is 13.8 Å². The Hall–Kier alpha value is -3.05. The molecule has 7 nitrogen and oxygen atoms in total. The van der Waals surface area contributed by atoms with Crippen molar-refractivity contribution in [1.82, 2.24) is 14.1 Å². The van der Waals surface area contributed by atoms with Crippen LogP contribution in [-0.4, -0.2) is 48.7 Å². The molecule has 1 aromatic heterocycles. The average Bonchev–Trinajstić information content (AvgIpc) is 3.16. The predicted octanol–water partition coefficient (Wildman–Crippen LogP) is 2.90. The van der Waals surface area contributed by atoms with E-state index < -0.39 is 10.0 Å². The van der Waals surface area contributed by atoms with E-state index in [-0.39, 0.29) is 4.90 Å². The lowest BCUT2D eigenvalue weighted by Crippen LogP contribution is -2.44. The van der Waals surface area contributed by atoms with Crippen LogP contribution in [0.3, 0.4) is 0 Å². The Balaban J connectivity index is 0.00000109. The molecule has 4 rings (SSSR count). The number of hydrogen-bond acceptors (Lipinski definition) is 6. The molecule has 8 heteroatoms. The standard InChI is InChI=1S/C18H17N5O2S.C2H6/c19-14-21-10-12-22(13-11-21)18-16-8-4-5-9-17(16)23(20-18)26(24,25)15-6-2-1-3-7-15;1-2/h1-9H,10-13H2;1-2H3. The number of para-hydroxylation sites is 1. The van der Waals surface area contributed by atoms with Gasteiger partial charge in [0.15, 0.2) is 12.0 Å². The highest BCUT2D eigenvalue weighted by molar-refractivity contribution is 7.90. The molecule has 2 heterocycles. The SMILES string of the molecule is CC.N#CN1CCN(c2nn(S(=O)(=O)c3ccccc3)c3ccccc23)CC1. The summed E-state index contributed by atoms with van der Waals surface area (Å²) in [7, 11) is -3.78. The number of benzene rings is 2. The molecule has 0 N–H and O–H groups in total. The number of piperazine rings is 1. The van der Waals surface area contributed by atoms with Gasteiger partial charge in [-0.1, -0.05) is 44.2 Å². The van der Waals surface area contributed by atoms with Crippen LogP contribution in [0.5, 0.6) is 0 Å². The molecule has 0 unspecified atom stereocenters. The van der Waals surface area contributed by atoms with Crippen LogP contribution < -0.4 is 4.90 Å². The molecule has 28 heavy (non-hydrogen) atoms. The molecule has 0 atom stereocenters. The maximum absolute atomic E-state index is 13.1. The van der Waals surface area contributed by atoms with Gasteiger partial charge in [-0.3, -0.25) is 0 Å². The fourth-order valence-electron chi connectivity index (χ4n) is 3.15. The van der Waals surface area contributed by atoms with Gasteiger partial charge in [-0.05, 0) is 24.3 Å². The first-order valence-electron chi connectivity index (χ1n) is 9.29. The zero-order chi connectivity index (χ0) is 20.1. The summed E-state index contributed by atoms with van der Waals surface area (Å²) in [5.41, 5.74) is 0.550. The van der Waals surface area contributed by atoms with Crippen molar-refractivity contribution < 1.29 is 8.42 Å². The van der Waals surface area contributed by atoms with Gasteiger partial charge in [0.25, 0.3) is 10.0 Å². The van der Waals surface area contributed by atoms with Gasteiger partial charge in [0.1, 0.15) is 0 Å². The van der Waals surface area contributed by atoms with E-state index in [1.165, 1.54) is 0 Å². The van der Waals surface area contributed by atoms with Crippen molar-refractivity contribution in [3.8, 4) is 6.19 Å². The largest absolute Gasteiger partial charge is 0.351 e. The van der Waals surface area contributed by atoms with Gasteiger partial charge in [-0.15, -0.1) is 5.10 Å². The number of fused-ring (bicyclic) bond motifs is 1. The Labute approximate surface area is 165 Å². The Bertz CT molecular complexity index is 1080. The Morgan fingerprint density at radius 1 is 0.929 bits per heavy atom. The lowest BCUT2D eigenvalue weighted by Gasteiger charge is -2.31. The van der Waals surface area contributed by atoms with Crippen LogP contribution in [0.15, 0.2) is 59.5 Å². The molecule has 1 saturated heterocycles. The second-order valence-electron chi connectivity index (χ2n) is 6.08. The molecular weight excluding hydrogens is 374 g/mol. The van der Waals surface area contributed by atoms with Gasteiger partial charge in [0.2, 0.25) is 0 Å². The zero-order valence-corrected chi connectivity index (χ0v) is 16.8. The van der Waals surface area contributed by atoms with Gasteiger partial charge in [0, 0.05) is 31.6 Å². The van der Waals surface area contributed by atoms with Crippen LogP contribution in [-0.2, 0) is 10.0 Å². The number of hydrogen-bond donors (Lipinski definition) is 0. The minimum Gasteiger partial charge on any atom is -0.351 e. The third-order valence-electron chi connectivity index (χ3n) is 4.53. The first kappa shape index (κ1) is 19.7. The molecule has 1 fully saturated rings. The zero-order valence-electron chi connectivity index (χ0n) is 16.0. The van der Waals surface area contributed by atoms with E-state index in [0.29, 0.717) is 37.5 Å². The van der Waals surface area contributed by atoms with Gasteiger partial charge in [0.05, 0.1) is 10.4 Å². The number of nitriles is 1. The molecule has 3 aromatic rings. The van der Waals surface area contributed by atoms with Gasteiger partial charge >= 0.3 is 0 Å². The van der Waals surface area contributed by atoms with E-state index in [0.717, 1.165) is 9.47 Å². The van der Waals surface area contributed by atoms with Crippen molar-refractivity contribution in [1.29, 1.82) is 5.26 Å². The molecule has 0 bridgehead atoms. The molecule has 0 radical (unpaired) electrons. The number of rotatable bonds is 3. The summed E-state index contributed by atoms with van der Waals surface area (Å²) in [5.74, 6) is 0.637. The van der Waals surface area contributed by atoms with Crippen molar-refractivity contribution >= 4 is 26.7 Å². The van der Waals surface area contributed by atoms with E-state index >= 15 is 0 Å². The van der Waals surface area contributed by atoms with Crippen LogP contribution in [0.4, 0.5) is 5.82 Å². The van der Waals surface area contributed by atoms with Gasteiger partial charge < -0.3 is 9.80 Å². The van der Waals surface area contributed by atoms with Gasteiger partial charge in [-0.2, -0.15) is 17.8 Å².